The Hall–Kier alpha value is -2.92. The van der Waals surface area contributed by atoms with Crippen LogP contribution in [-0.2, 0) is 4.79 Å². The van der Waals surface area contributed by atoms with Crippen LogP contribution in [0.1, 0.15) is 46.9 Å². The number of hydrogen-bond acceptors (Lipinski definition) is 4. The average molecular weight is 430 g/mol. The third-order valence-corrected chi connectivity index (χ3v) is 5.18. The molecule has 1 aromatic carbocycles. The lowest BCUT2D eigenvalue weighted by Crippen LogP contribution is -2.40. The number of aliphatic hydroxyl groups is 1. The van der Waals surface area contributed by atoms with Crippen molar-refractivity contribution in [1.82, 2.24) is 10.3 Å². The van der Waals surface area contributed by atoms with Crippen molar-refractivity contribution in [3.05, 3.63) is 52.6 Å². The molecule has 2 aliphatic heterocycles. The van der Waals surface area contributed by atoms with Gasteiger partial charge < -0.3 is 20.7 Å². The first kappa shape index (κ1) is 21.8. The van der Waals surface area contributed by atoms with Crippen LogP contribution in [0.4, 0.5) is 10.1 Å². The van der Waals surface area contributed by atoms with E-state index in [1.54, 1.807) is 18.3 Å². The predicted octanol–water partition coefficient (Wildman–Crippen LogP) is 2.74. The van der Waals surface area contributed by atoms with Crippen LogP contribution in [0.3, 0.4) is 0 Å². The average Bonchev–Trinajstić information content (AvgIpc) is 3.27. The molecule has 30 heavy (non-hydrogen) atoms. The summed E-state index contributed by atoms with van der Waals surface area (Å²) in [5.74, 6) is 4.55. The second-order valence-electron chi connectivity index (χ2n) is 7.29. The van der Waals surface area contributed by atoms with Crippen LogP contribution in [-0.4, -0.2) is 40.5 Å². The highest BCUT2D eigenvalue weighted by Gasteiger charge is 2.30. The molecule has 0 spiro atoms. The molecule has 0 radical (unpaired) electrons. The van der Waals surface area contributed by atoms with Crippen molar-refractivity contribution in [1.29, 1.82) is 0 Å². The second kappa shape index (κ2) is 8.44. The molecule has 3 heterocycles. The first-order valence-electron chi connectivity index (χ1n) is 9.38. The van der Waals surface area contributed by atoms with E-state index in [2.05, 4.69) is 27.5 Å². The summed E-state index contributed by atoms with van der Waals surface area (Å²) in [5.41, 5.74) is 0.990. The summed E-state index contributed by atoms with van der Waals surface area (Å²) >= 11 is 0. The van der Waals surface area contributed by atoms with Gasteiger partial charge in [-0.05, 0) is 57.1 Å². The number of carbonyl (C=O) groups excluding carboxylic acids is 2. The molecule has 8 heteroatoms. The Labute approximate surface area is 179 Å². The molecule has 0 atom stereocenters. The van der Waals surface area contributed by atoms with Gasteiger partial charge >= 0.3 is 0 Å². The van der Waals surface area contributed by atoms with Gasteiger partial charge in [-0.15, -0.1) is 12.4 Å². The first-order chi connectivity index (χ1) is 13.9. The minimum atomic E-state index is -1.18. The Balaban J connectivity index is 0.00000256. The van der Waals surface area contributed by atoms with Crippen LogP contribution < -0.4 is 10.6 Å². The van der Waals surface area contributed by atoms with Crippen molar-refractivity contribution in [3.63, 3.8) is 0 Å². The standard InChI is InChI=1S/C22H20FN3O3.ClH/c1-13(27)14-10-15(25-12-14)11-17-20-16(4-5-22(29)6-8-24-9-7-22)18(23)2-3-19(20)26-21(17)28;/h2-3,10-12,24-25,29H,6-9H2,1H3,(H,26,28);1H. The Bertz CT molecular complexity index is 1100. The molecule has 1 fully saturated rings. The van der Waals surface area contributed by atoms with Gasteiger partial charge in [0.05, 0.1) is 16.8 Å². The fourth-order valence-corrected chi connectivity index (χ4v) is 3.52. The van der Waals surface area contributed by atoms with Crippen LogP contribution in [0.5, 0.6) is 0 Å². The number of H-pyrrole nitrogens is 1. The molecular weight excluding hydrogens is 409 g/mol. The van der Waals surface area contributed by atoms with Crippen LogP contribution in [0.25, 0.3) is 11.6 Å². The fourth-order valence-electron chi connectivity index (χ4n) is 3.52. The fraction of sp³-hybridized carbons (Fsp3) is 0.273. The summed E-state index contributed by atoms with van der Waals surface area (Å²) in [6.07, 6.45) is 4.03. The van der Waals surface area contributed by atoms with Gasteiger partial charge in [0.15, 0.2) is 5.78 Å². The van der Waals surface area contributed by atoms with Crippen molar-refractivity contribution >= 4 is 41.4 Å². The lowest BCUT2D eigenvalue weighted by Gasteiger charge is -2.27. The molecule has 0 unspecified atom stereocenters. The topological polar surface area (TPSA) is 94.2 Å². The molecule has 1 amide bonds. The van der Waals surface area contributed by atoms with E-state index in [-0.39, 0.29) is 35.2 Å². The lowest BCUT2D eigenvalue weighted by atomic mass is 9.92. The summed E-state index contributed by atoms with van der Waals surface area (Å²) in [6, 6.07) is 4.37. The van der Waals surface area contributed by atoms with Gasteiger partial charge in [-0.1, -0.05) is 11.8 Å². The number of nitrogens with one attached hydrogen (secondary N) is 3. The SMILES string of the molecule is CC(=O)c1c[nH]c(C=C2C(=O)Nc3ccc(F)c(C#CC4(O)CCNCC4)c32)c1.Cl. The number of halogens is 2. The molecule has 4 N–H and O–H groups in total. The second-order valence-corrected chi connectivity index (χ2v) is 7.29. The van der Waals surface area contributed by atoms with Crippen LogP contribution in [0, 0.1) is 17.7 Å². The highest BCUT2D eigenvalue weighted by molar-refractivity contribution is 6.35. The zero-order chi connectivity index (χ0) is 20.6. The molecule has 0 saturated carbocycles. The van der Waals surface area contributed by atoms with Crippen LogP contribution >= 0.6 is 12.4 Å². The van der Waals surface area contributed by atoms with E-state index < -0.39 is 11.4 Å². The number of piperidine rings is 1. The van der Waals surface area contributed by atoms with Crippen molar-refractivity contribution in [2.75, 3.05) is 18.4 Å². The minimum absolute atomic E-state index is 0. The maximum atomic E-state index is 14.7. The molecule has 156 valence electrons. The minimum Gasteiger partial charge on any atom is -0.377 e. The van der Waals surface area contributed by atoms with Gasteiger partial charge in [0.2, 0.25) is 0 Å². The van der Waals surface area contributed by atoms with E-state index in [9.17, 15) is 19.1 Å². The molecule has 1 aromatic heterocycles. The third kappa shape index (κ3) is 4.17. The number of aromatic nitrogens is 1. The largest absolute Gasteiger partial charge is 0.377 e. The van der Waals surface area contributed by atoms with E-state index in [1.165, 1.54) is 19.1 Å². The Morgan fingerprint density at radius 1 is 1.30 bits per heavy atom. The number of amides is 1. The Kier molecular flexibility index (Phi) is 6.13. The van der Waals surface area contributed by atoms with Gasteiger partial charge in [0.1, 0.15) is 11.4 Å². The summed E-state index contributed by atoms with van der Waals surface area (Å²) in [5, 5.41) is 16.5. The molecule has 6 nitrogen and oxygen atoms in total. The first-order valence-corrected chi connectivity index (χ1v) is 9.38. The quantitative estimate of drug-likeness (QED) is 0.335. The van der Waals surface area contributed by atoms with Crippen molar-refractivity contribution in [2.45, 2.75) is 25.4 Å². The number of rotatable bonds is 2. The molecule has 0 bridgehead atoms. The molecular formula is C22H21ClFN3O3. The van der Waals surface area contributed by atoms with Crippen LogP contribution in [0.15, 0.2) is 24.4 Å². The Morgan fingerprint density at radius 2 is 2.03 bits per heavy atom. The number of benzene rings is 1. The molecule has 2 aliphatic rings. The number of anilines is 1. The molecule has 1 saturated heterocycles. The van der Waals surface area contributed by atoms with Crippen molar-refractivity contribution in [3.8, 4) is 11.8 Å². The number of fused-ring (bicyclic) bond motifs is 1. The zero-order valence-corrected chi connectivity index (χ0v) is 17.1. The van der Waals surface area contributed by atoms with E-state index in [1.807, 2.05) is 0 Å². The van der Waals surface area contributed by atoms with Crippen molar-refractivity contribution in [2.24, 2.45) is 0 Å². The maximum absolute atomic E-state index is 14.7. The normalized spacial score (nSPS) is 18.1. The molecule has 4 rings (SSSR count). The van der Waals surface area contributed by atoms with Gasteiger partial charge in [-0.2, -0.15) is 0 Å². The smallest absolute Gasteiger partial charge is 0.256 e. The van der Waals surface area contributed by atoms with E-state index in [4.69, 9.17) is 0 Å². The molecule has 2 aromatic rings. The van der Waals surface area contributed by atoms with Gasteiger partial charge in [-0.3, -0.25) is 9.59 Å². The highest BCUT2D eigenvalue weighted by atomic mass is 35.5. The molecule has 0 aliphatic carbocycles. The number of ketones is 1. The van der Waals surface area contributed by atoms with E-state index in [0.717, 1.165) is 0 Å². The lowest BCUT2D eigenvalue weighted by molar-refractivity contribution is -0.110. The number of hydrogen-bond donors (Lipinski definition) is 4. The number of carbonyl (C=O) groups is 2. The van der Waals surface area contributed by atoms with Crippen molar-refractivity contribution < 1.29 is 19.1 Å². The van der Waals surface area contributed by atoms with Gasteiger partial charge in [0, 0.05) is 23.0 Å². The third-order valence-electron chi connectivity index (χ3n) is 5.18. The predicted molar refractivity (Wildman–Crippen MR) is 115 cm³/mol. The Morgan fingerprint density at radius 3 is 2.70 bits per heavy atom. The van der Waals surface area contributed by atoms with Gasteiger partial charge in [0.25, 0.3) is 5.91 Å². The summed E-state index contributed by atoms with van der Waals surface area (Å²) in [7, 11) is 0. The van der Waals surface area contributed by atoms with Crippen LogP contribution in [0.2, 0.25) is 0 Å². The van der Waals surface area contributed by atoms with E-state index in [0.29, 0.717) is 48.4 Å². The summed E-state index contributed by atoms with van der Waals surface area (Å²) in [6.45, 7) is 2.72. The number of Topliss-reactive ketones (excluding diaryl/α,β-unsaturated/α-hetero) is 1. The monoisotopic (exact) mass is 429 g/mol. The summed E-state index contributed by atoms with van der Waals surface area (Å²) < 4.78 is 14.7. The number of aromatic amines is 1. The summed E-state index contributed by atoms with van der Waals surface area (Å²) in [4.78, 5) is 27.0. The highest BCUT2D eigenvalue weighted by Crippen LogP contribution is 2.37. The van der Waals surface area contributed by atoms with E-state index >= 15 is 0 Å². The van der Waals surface area contributed by atoms with Gasteiger partial charge in [-0.25, -0.2) is 4.39 Å². The maximum Gasteiger partial charge on any atom is 0.256 e. The zero-order valence-electron chi connectivity index (χ0n) is 16.3.